The molecule has 0 saturated carbocycles. The number of hydrogen-bond donors (Lipinski definition) is 1. The van der Waals surface area contributed by atoms with E-state index in [4.69, 9.17) is 0 Å². The molecular formula is C17H14F4N2O. The molecule has 3 nitrogen and oxygen atoms in total. The van der Waals surface area contributed by atoms with Crippen molar-refractivity contribution in [3.05, 3.63) is 59.2 Å². The molecule has 1 amide bonds. The van der Waals surface area contributed by atoms with Crippen molar-refractivity contribution >= 4 is 17.3 Å². The van der Waals surface area contributed by atoms with Crippen LogP contribution in [-0.4, -0.2) is 19.0 Å². The monoisotopic (exact) mass is 338 g/mol. The topological polar surface area (TPSA) is 32.3 Å². The molecule has 1 aliphatic heterocycles. The molecule has 1 saturated heterocycles. The molecule has 7 heteroatoms. The molecular weight excluding hydrogens is 324 g/mol. The van der Waals surface area contributed by atoms with Gasteiger partial charge in [0, 0.05) is 30.0 Å². The highest BCUT2D eigenvalue weighted by atomic mass is 19.2. The van der Waals surface area contributed by atoms with E-state index in [1.165, 1.54) is 6.07 Å². The highest BCUT2D eigenvalue weighted by molar-refractivity contribution is 6.04. The van der Waals surface area contributed by atoms with E-state index in [9.17, 15) is 22.4 Å². The first-order chi connectivity index (χ1) is 11.4. The van der Waals surface area contributed by atoms with E-state index in [2.05, 4.69) is 5.32 Å². The number of amides is 1. The Morgan fingerprint density at radius 1 is 0.917 bits per heavy atom. The molecule has 1 aliphatic rings. The molecule has 0 spiro atoms. The van der Waals surface area contributed by atoms with Crippen LogP contribution in [0.1, 0.15) is 23.2 Å². The number of nitrogens with zero attached hydrogens (tertiary/aromatic N) is 1. The van der Waals surface area contributed by atoms with Gasteiger partial charge in [-0.3, -0.25) is 4.79 Å². The first-order valence-electron chi connectivity index (χ1n) is 7.45. The van der Waals surface area contributed by atoms with Crippen LogP contribution >= 0.6 is 0 Å². The predicted molar refractivity (Wildman–Crippen MR) is 82.1 cm³/mol. The van der Waals surface area contributed by atoms with Crippen molar-refractivity contribution in [3.8, 4) is 0 Å². The second kappa shape index (κ2) is 6.51. The Bertz CT molecular complexity index is 765. The Kier molecular flexibility index (Phi) is 4.42. The zero-order chi connectivity index (χ0) is 17.3. The highest BCUT2D eigenvalue weighted by Gasteiger charge is 2.17. The molecule has 0 atom stereocenters. The average Bonchev–Trinajstić information content (AvgIpc) is 3.06. The van der Waals surface area contributed by atoms with Crippen LogP contribution in [0.4, 0.5) is 28.9 Å². The van der Waals surface area contributed by atoms with E-state index in [1.54, 1.807) is 6.07 Å². The Morgan fingerprint density at radius 2 is 1.54 bits per heavy atom. The fourth-order valence-electron chi connectivity index (χ4n) is 2.69. The van der Waals surface area contributed by atoms with E-state index >= 15 is 0 Å². The number of carbonyl (C=O) groups excluding carboxylic acids is 1. The quantitative estimate of drug-likeness (QED) is 0.675. The molecule has 1 fully saturated rings. The third-order valence-electron chi connectivity index (χ3n) is 3.86. The lowest BCUT2D eigenvalue weighted by molar-refractivity contribution is 0.102. The number of nitrogens with one attached hydrogen (secondary N) is 1. The molecule has 3 rings (SSSR count). The van der Waals surface area contributed by atoms with Gasteiger partial charge in [0.25, 0.3) is 5.91 Å². The SMILES string of the molecule is O=C(Nc1cc(F)cc(N2CCCC2)c1)c1cc(F)c(F)c(F)c1. The summed E-state index contributed by atoms with van der Waals surface area (Å²) in [5.41, 5.74) is 0.393. The Morgan fingerprint density at radius 3 is 2.17 bits per heavy atom. The number of benzene rings is 2. The van der Waals surface area contributed by atoms with Crippen LogP contribution in [0.15, 0.2) is 30.3 Å². The average molecular weight is 338 g/mol. The summed E-state index contributed by atoms with van der Waals surface area (Å²) in [6, 6.07) is 5.23. The minimum atomic E-state index is -1.64. The van der Waals surface area contributed by atoms with E-state index in [0.717, 1.165) is 32.0 Å². The number of hydrogen-bond acceptors (Lipinski definition) is 2. The van der Waals surface area contributed by atoms with Crippen LogP contribution in [0.3, 0.4) is 0 Å². The molecule has 0 unspecified atom stereocenters. The lowest BCUT2D eigenvalue weighted by Crippen LogP contribution is -2.19. The molecule has 2 aromatic carbocycles. The third kappa shape index (κ3) is 3.34. The summed E-state index contributed by atoms with van der Waals surface area (Å²) in [7, 11) is 0. The van der Waals surface area contributed by atoms with Crippen LogP contribution in [0.25, 0.3) is 0 Å². The van der Waals surface area contributed by atoms with Crippen LogP contribution in [0.5, 0.6) is 0 Å². The van der Waals surface area contributed by atoms with Gasteiger partial charge in [0.2, 0.25) is 0 Å². The minimum absolute atomic E-state index is 0.159. The van der Waals surface area contributed by atoms with Crippen LogP contribution < -0.4 is 10.2 Å². The second-order valence-corrected chi connectivity index (χ2v) is 5.60. The third-order valence-corrected chi connectivity index (χ3v) is 3.86. The largest absolute Gasteiger partial charge is 0.371 e. The summed E-state index contributed by atoms with van der Waals surface area (Å²) in [4.78, 5) is 14.1. The predicted octanol–water partition coefficient (Wildman–Crippen LogP) is 4.10. The lowest BCUT2D eigenvalue weighted by Gasteiger charge is -2.19. The molecule has 0 radical (unpaired) electrons. The molecule has 0 bridgehead atoms. The Hall–Kier alpha value is -2.57. The summed E-state index contributed by atoms with van der Waals surface area (Å²) in [5.74, 6) is -5.96. The summed E-state index contributed by atoms with van der Waals surface area (Å²) in [5, 5.41) is 2.38. The second-order valence-electron chi connectivity index (χ2n) is 5.60. The molecule has 2 aromatic rings. The van der Waals surface area contributed by atoms with Crippen molar-refractivity contribution < 1.29 is 22.4 Å². The van der Waals surface area contributed by atoms with E-state index in [0.29, 0.717) is 17.8 Å². The Balaban J connectivity index is 1.84. The van der Waals surface area contributed by atoms with Crippen LogP contribution in [0, 0.1) is 23.3 Å². The summed E-state index contributed by atoms with van der Waals surface area (Å²) >= 11 is 0. The number of carbonyl (C=O) groups is 1. The highest BCUT2D eigenvalue weighted by Crippen LogP contribution is 2.25. The van der Waals surface area contributed by atoms with Crippen molar-refractivity contribution in [3.63, 3.8) is 0 Å². The van der Waals surface area contributed by atoms with Gasteiger partial charge in [0.15, 0.2) is 17.5 Å². The number of rotatable bonds is 3. The van der Waals surface area contributed by atoms with Gasteiger partial charge >= 0.3 is 0 Å². The standard InChI is InChI=1S/C17H14F4N2O/c18-11-7-12(9-13(8-11)23-3-1-2-4-23)22-17(24)10-5-14(19)16(21)15(20)6-10/h5-9H,1-4H2,(H,22,24). The van der Waals surface area contributed by atoms with Gasteiger partial charge in [-0.1, -0.05) is 0 Å². The first-order valence-corrected chi connectivity index (χ1v) is 7.45. The first kappa shape index (κ1) is 16.3. The molecule has 0 aromatic heterocycles. The van der Waals surface area contributed by atoms with E-state index < -0.39 is 34.7 Å². The molecule has 1 heterocycles. The maximum atomic E-state index is 13.8. The number of anilines is 2. The molecule has 1 N–H and O–H groups in total. The van der Waals surface area contributed by atoms with Gasteiger partial charge in [0.05, 0.1) is 0 Å². The minimum Gasteiger partial charge on any atom is -0.371 e. The fraction of sp³-hybridized carbons (Fsp3) is 0.235. The molecule has 0 aliphatic carbocycles. The van der Waals surface area contributed by atoms with Gasteiger partial charge in [0.1, 0.15) is 5.82 Å². The van der Waals surface area contributed by atoms with Gasteiger partial charge in [-0.05, 0) is 43.2 Å². The summed E-state index contributed by atoms with van der Waals surface area (Å²) in [6.07, 6.45) is 2.01. The van der Waals surface area contributed by atoms with Crippen molar-refractivity contribution in [2.75, 3.05) is 23.3 Å². The van der Waals surface area contributed by atoms with Crippen molar-refractivity contribution in [2.45, 2.75) is 12.8 Å². The van der Waals surface area contributed by atoms with Crippen molar-refractivity contribution in [1.82, 2.24) is 0 Å². The molecule has 24 heavy (non-hydrogen) atoms. The zero-order valence-electron chi connectivity index (χ0n) is 12.6. The fourth-order valence-corrected chi connectivity index (χ4v) is 2.69. The summed E-state index contributed by atoms with van der Waals surface area (Å²) in [6.45, 7) is 1.59. The lowest BCUT2D eigenvalue weighted by atomic mass is 10.1. The van der Waals surface area contributed by atoms with Crippen LogP contribution in [-0.2, 0) is 0 Å². The zero-order valence-corrected chi connectivity index (χ0v) is 12.6. The van der Waals surface area contributed by atoms with E-state index in [-0.39, 0.29) is 5.69 Å². The number of halogens is 4. The van der Waals surface area contributed by atoms with Crippen molar-refractivity contribution in [2.24, 2.45) is 0 Å². The van der Waals surface area contributed by atoms with E-state index in [1.807, 2.05) is 4.90 Å². The summed E-state index contributed by atoms with van der Waals surface area (Å²) < 4.78 is 53.1. The van der Waals surface area contributed by atoms with Gasteiger partial charge in [-0.15, -0.1) is 0 Å². The van der Waals surface area contributed by atoms with Gasteiger partial charge < -0.3 is 10.2 Å². The molecule has 126 valence electrons. The van der Waals surface area contributed by atoms with Gasteiger partial charge in [-0.2, -0.15) is 0 Å². The normalized spacial score (nSPS) is 14.1. The Labute approximate surface area is 135 Å². The van der Waals surface area contributed by atoms with Gasteiger partial charge in [-0.25, -0.2) is 17.6 Å². The van der Waals surface area contributed by atoms with Crippen LogP contribution in [0.2, 0.25) is 0 Å². The van der Waals surface area contributed by atoms with Crippen molar-refractivity contribution in [1.29, 1.82) is 0 Å². The maximum Gasteiger partial charge on any atom is 0.255 e. The maximum absolute atomic E-state index is 13.8. The smallest absolute Gasteiger partial charge is 0.255 e.